The SMILES string of the molecule is CNC(=O)C1CC(Cc2ccc(F)cc2C)CCN1. The van der Waals surface area contributed by atoms with Crippen LogP contribution in [0.1, 0.15) is 24.0 Å². The number of hydrogen-bond donors (Lipinski definition) is 2. The highest BCUT2D eigenvalue weighted by Crippen LogP contribution is 2.23. The number of benzene rings is 1. The molecule has 104 valence electrons. The van der Waals surface area contributed by atoms with Gasteiger partial charge in [-0.05, 0) is 61.9 Å². The number of carbonyl (C=O) groups is 1. The zero-order valence-electron chi connectivity index (χ0n) is 11.5. The molecule has 1 fully saturated rings. The van der Waals surface area contributed by atoms with E-state index in [4.69, 9.17) is 0 Å². The molecule has 19 heavy (non-hydrogen) atoms. The van der Waals surface area contributed by atoms with Crippen LogP contribution in [0.4, 0.5) is 4.39 Å². The van der Waals surface area contributed by atoms with Crippen molar-refractivity contribution in [3.63, 3.8) is 0 Å². The lowest BCUT2D eigenvalue weighted by Crippen LogP contribution is -2.48. The number of carbonyl (C=O) groups excluding carboxylic acids is 1. The van der Waals surface area contributed by atoms with E-state index < -0.39 is 0 Å². The molecular formula is C15H21FN2O. The molecule has 1 heterocycles. The zero-order valence-corrected chi connectivity index (χ0v) is 11.5. The van der Waals surface area contributed by atoms with Gasteiger partial charge in [-0.15, -0.1) is 0 Å². The Bertz CT molecular complexity index is 461. The van der Waals surface area contributed by atoms with Gasteiger partial charge in [0.15, 0.2) is 0 Å². The third kappa shape index (κ3) is 3.53. The Hall–Kier alpha value is -1.42. The van der Waals surface area contributed by atoms with Crippen molar-refractivity contribution in [2.24, 2.45) is 5.92 Å². The van der Waals surface area contributed by atoms with Gasteiger partial charge in [0.1, 0.15) is 5.82 Å². The molecule has 1 aliphatic rings. The third-order valence-corrected chi connectivity index (χ3v) is 3.89. The summed E-state index contributed by atoms with van der Waals surface area (Å²) in [7, 11) is 1.66. The average Bonchev–Trinajstić information content (AvgIpc) is 2.41. The van der Waals surface area contributed by atoms with Crippen LogP contribution in [0.3, 0.4) is 0 Å². The van der Waals surface area contributed by atoms with Crippen molar-refractivity contribution in [3.8, 4) is 0 Å². The number of likely N-dealkylation sites (N-methyl/N-ethyl adjacent to an activating group) is 1. The summed E-state index contributed by atoms with van der Waals surface area (Å²) in [6.45, 7) is 2.80. The largest absolute Gasteiger partial charge is 0.358 e. The minimum atomic E-state index is -0.185. The molecule has 1 aromatic carbocycles. The molecule has 0 saturated carbocycles. The topological polar surface area (TPSA) is 41.1 Å². The second-order valence-corrected chi connectivity index (χ2v) is 5.29. The highest BCUT2D eigenvalue weighted by atomic mass is 19.1. The van der Waals surface area contributed by atoms with E-state index in [0.29, 0.717) is 5.92 Å². The van der Waals surface area contributed by atoms with Crippen molar-refractivity contribution in [3.05, 3.63) is 35.1 Å². The lowest BCUT2D eigenvalue weighted by Gasteiger charge is -2.29. The van der Waals surface area contributed by atoms with Gasteiger partial charge in [0.05, 0.1) is 6.04 Å². The smallest absolute Gasteiger partial charge is 0.236 e. The van der Waals surface area contributed by atoms with Crippen molar-refractivity contribution in [1.82, 2.24) is 10.6 Å². The summed E-state index contributed by atoms with van der Waals surface area (Å²) >= 11 is 0. The van der Waals surface area contributed by atoms with Gasteiger partial charge in [0.25, 0.3) is 0 Å². The van der Waals surface area contributed by atoms with Gasteiger partial charge >= 0.3 is 0 Å². The first kappa shape index (κ1) is 14.0. The van der Waals surface area contributed by atoms with Crippen LogP contribution in [0.25, 0.3) is 0 Å². The van der Waals surface area contributed by atoms with Crippen molar-refractivity contribution in [1.29, 1.82) is 0 Å². The molecule has 0 bridgehead atoms. The van der Waals surface area contributed by atoms with Crippen molar-refractivity contribution in [2.45, 2.75) is 32.2 Å². The lowest BCUT2D eigenvalue weighted by molar-refractivity contribution is -0.123. The van der Waals surface area contributed by atoms with Gasteiger partial charge in [-0.2, -0.15) is 0 Å². The first-order valence-corrected chi connectivity index (χ1v) is 6.80. The van der Waals surface area contributed by atoms with Gasteiger partial charge in [-0.3, -0.25) is 4.79 Å². The normalized spacial score (nSPS) is 23.1. The molecule has 0 spiro atoms. The second kappa shape index (κ2) is 6.15. The van der Waals surface area contributed by atoms with E-state index in [9.17, 15) is 9.18 Å². The van der Waals surface area contributed by atoms with Crippen LogP contribution in [0.15, 0.2) is 18.2 Å². The van der Waals surface area contributed by atoms with E-state index in [1.165, 1.54) is 11.6 Å². The highest BCUT2D eigenvalue weighted by molar-refractivity contribution is 5.81. The fourth-order valence-electron chi connectivity index (χ4n) is 2.75. The zero-order chi connectivity index (χ0) is 13.8. The molecule has 0 radical (unpaired) electrons. The van der Waals surface area contributed by atoms with Crippen molar-refractivity contribution < 1.29 is 9.18 Å². The highest BCUT2D eigenvalue weighted by Gasteiger charge is 2.26. The summed E-state index contributed by atoms with van der Waals surface area (Å²) in [5.74, 6) is 0.350. The predicted molar refractivity (Wildman–Crippen MR) is 73.4 cm³/mol. The van der Waals surface area contributed by atoms with E-state index in [-0.39, 0.29) is 17.8 Å². The molecule has 0 aromatic heterocycles. The van der Waals surface area contributed by atoms with Gasteiger partial charge in [0, 0.05) is 7.05 Å². The maximum absolute atomic E-state index is 13.1. The van der Waals surface area contributed by atoms with Gasteiger partial charge in [-0.1, -0.05) is 6.07 Å². The Morgan fingerprint density at radius 3 is 3.00 bits per heavy atom. The van der Waals surface area contributed by atoms with Crippen molar-refractivity contribution in [2.75, 3.05) is 13.6 Å². The maximum atomic E-state index is 13.1. The van der Waals surface area contributed by atoms with E-state index in [1.807, 2.05) is 13.0 Å². The minimum absolute atomic E-state index is 0.0560. The van der Waals surface area contributed by atoms with Crippen LogP contribution < -0.4 is 10.6 Å². The molecule has 1 amide bonds. The Labute approximate surface area is 113 Å². The van der Waals surface area contributed by atoms with Crippen molar-refractivity contribution >= 4 is 5.91 Å². The predicted octanol–water partition coefficient (Wildman–Crippen LogP) is 1.79. The number of nitrogens with one attached hydrogen (secondary N) is 2. The van der Waals surface area contributed by atoms with Gasteiger partial charge < -0.3 is 10.6 Å². The Kier molecular flexibility index (Phi) is 4.53. The second-order valence-electron chi connectivity index (χ2n) is 5.29. The van der Waals surface area contributed by atoms with Crippen LogP contribution in [0.2, 0.25) is 0 Å². The fraction of sp³-hybridized carbons (Fsp3) is 0.533. The van der Waals surface area contributed by atoms with E-state index in [0.717, 1.165) is 31.4 Å². The molecule has 1 aliphatic heterocycles. The maximum Gasteiger partial charge on any atom is 0.236 e. The van der Waals surface area contributed by atoms with Crippen LogP contribution >= 0.6 is 0 Å². The standard InChI is InChI=1S/C15H21FN2O/c1-10-7-13(16)4-3-12(10)8-11-5-6-18-14(9-11)15(19)17-2/h3-4,7,11,14,18H,5-6,8-9H2,1-2H3,(H,17,19). The summed E-state index contributed by atoms with van der Waals surface area (Å²) in [6.07, 6.45) is 2.82. The summed E-state index contributed by atoms with van der Waals surface area (Å²) in [5, 5.41) is 5.92. The first-order valence-electron chi connectivity index (χ1n) is 6.80. The van der Waals surface area contributed by atoms with Crippen LogP contribution in [-0.2, 0) is 11.2 Å². The summed E-state index contributed by atoms with van der Waals surface area (Å²) in [5.41, 5.74) is 2.18. The fourth-order valence-corrected chi connectivity index (χ4v) is 2.75. The molecule has 2 atom stereocenters. The van der Waals surface area contributed by atoms with Crippen LogP contribution in [0.5, 0.6) is 0 Å². The number of aryl methyl sites for hydroxylation is 1. The summed E-state index contributed by atoms with van der Waals surface area (Å²) in [4.78, 5) is 11.7. The molecule has 0 aliphatic carbocycles. The number of halogens is 1. The van der Waals surface area contributed by atoms with Gasteiger partial charge in [-0.25, -0.2) is 4.39 Å². The number of piperidine rings is 1. The van der Waals surface area contributed by atoms with E-state index >= 15 is 0 Å². The van der Waals surface area contributed by atoms with Crippen LogP contribution in [0, 0.1) is 18.7 Å². The summed E-state index contributed by atoms with van der Waals surface area (Å²) < 4.78 is 13.1. The number of hydrogen-bond acceptors (Lipinski definition) is 2. The number of amides is 1. The average molecular weight is 264 g/mol. The minimum Gasteiger partial charge on any atom is -0.358 e. The quantitative estimate of drug-likeness (QED) is 0.874. The van der Waals surface area contributed by atoms with E-state index in [1.54, 1.807) is 13.1 Å². The third-order valence-electron chi connectivity index (χ3n) is 3.89. The molecule has 1 aromatic rings. The molecule has 2 unspecified atom stereocenters. The molecule has 3 nitrogen and oxygen atoms in total. The first-order chi connectivity index (χ1) is 9.10. The van der Waals surface area contributed by atoms with Gasteiger partial charge in [0.2, 0.25) is 5.91 Å². The Morgan fingerprint density at radius 1 is 1.53 bits per heavy atom. The Balaban J connectivity index is 2.00. The molecule has 2 N–H and O–H groups in total. The summed E-state index contributed by atoms with van der Waals surface area (Å²) in [6, 6.07) is 4.86. The molecule has 1 saturated heterocycles. The van der Waals surface area contributed by atoms with E-state index in [2.05, 4.69) is 10.6 Å². The number of rotatable bonds is 3. The Morgan fingerprint density at radius 2 is 2.32 bits per heavy atom. The monoisotopic (exact) mass is 264 g/mol. The molecular weight excluding hydrogens is 243 g/mol. The lowest BCUT2D eigenvalue weighted by atomic mass is 9.86. The molecule has 4 heteroatoms. The molecule has 2 rings (SSSR count). The van der Waals surface area contributed by atoms with Crippen LogP contribution in [-0.4, -0.2) is 25.5 Å².